The topological polar surface area (TPSA) is 81.2 Å². The van der Waals surface area contributed by atoms with E-state index in [4.69, 9.17) is 0 Å². The monoisotopic (exact) mass is 341 g/mol. The van der Waals surface area contributed by atoms with Crippen LogP contribution in [0.1, 0.15) is 54.9 Å². The van der Waals surface area contributed by atoms with Gasteiger partial charge in [0.25, 0.3) is 0 Å². The lowest BCUT2D eigenvalue weighted by atomic mass is 10.00. The summed E-state index contributed by atoms with van der Waals surface area (Å²) in [5.41, 5.74) is -0.666. The minimum absolute atomic E-state index is 0.00371. The maximum Gasteiger partial charge on any atom is 0.408 e. The second-order valence-electron chi connectivity index (χ2n) is 7.61. The quantitative estimate of drug-likeness (QED) is 0.851. The first-order chi connectivity index (χ1) is 10.9. The highest BCUT2D eigenvalue weighted by atomic mass is 16.4. The Bertz CT molecular complexity index is 489. The first-order valence-electron chi connectivity index (χ1n) is 8.51. The number of carbonyl (C=O) groups is 3. The smallest absolute Gasteiger partial charge is 0.408 e. The summed E-state index contributed by atoms with van der Waals surface area (Å²) >= 11 is 0. The van der Waals surface area contributed by atoms with Crippen molar-refractivity contribution < 1.29 is 19.5 Å². The van der Waals surface area contributed by atoms with Crippen LogP contribution in [-0.2, 0) is 9.59 Å². The molecule has 1 fully saturated rings. The van der Waals surface area contributed by atoms with Gasteiger partial charge in [-0.25, -0.2) is 4.79 Å². The molecule has 1 heterocycles. The number of hydrogen-bond donors (Lipinski definition) is 1. The zero-order chi connectivity index (χ0) is 18.8. The van der Waals surface area contributed by atoms with Crippen LogP contribution in [-0.4, -0.2) is 74.5 Å². The third-order valence-corrected chi connectivity index (χ3v) is 4.51. The molecule has 7 heteroatoms. The summed E-state index contributed by atoms with van der Waals surface area (Å²) < 4.78 is 0. The van der Waals surface area contributed by atoms with Gasteiger partial charge in [0.05, 0.1) is 0 Å². The fourth-order valence-corrected chi connectivity index (χ4v) is 3.69. The lowest BCUT2D eigenvalue weighted by molar-refractivity contribution is -0.148. The number of piperazine rings is 1. The van der Waals surface area contributed by atoms with Gasteiger partial charge in [-0.05, 0) is 41.0 Å². The number of nitrogens with zero attached hydrogens (tertiary/aromatic N) is 3. The van der Waals surface area contributed by atoms with Gasteiger partial charge in [0, 0.05) is 37.6 Å². The maximum absolute atomic E-state index is 13.0. The Morgan fingerprint density at radius 3 is 1.92 bits per heavy atom. The predicted molar refractivity (Wildman–Crippen MR) is 91.7 cm³/mol. The second kappa shape index (κ2) is 7.40. The zero-order valence-electron chi connectivity index (χ0n) is 15.9. The molecule has 1 saturated heterocycles. The summed E-state index contributed by atoms with van der Waals surface area (Å²) in [6.07, 6.45) is -0.677. The van der Waals surface area contributed by atoms with Crippen molar-refractivity contribution in [1.82, 2.24) is 14.7 Å². The fourth-order valence-electron chi connectivity index (χ4n) is 3.69. The van der Waals surface area contributed by atoms with Crippen molar-refractivity contribution in [2.45, 2.75) is 78.6 Å². The van der Waals surface area contributed by atoms with Crippen molar-refractivity contribution in [1.29, 1.82) is 0 Å². The van der Waals surface area contributed by atoms with Crippen molar-refractivity contribution in [3.8, 4) is 0 Å². The van der Waals surface area contributed by atoms with E-state index in [1.165, 1.54) is 11.8 Å². The Kier molecular flexibility index (Phi) is 6.25. The fraction of sp³-hybridized carbons (Fsp3) is 0.824. The summed E-state index contributed by atoms with van der Waals surface area (Å²) in [7, 11) is 0. The molecule has 0 spiro atoms. The standard InChI is InChI=1S/C17H31N3O4/c1-8-14(20(16(23)24)17(5,6)7)15(22)18-9-11(2)19(13(4)21)12(3)10-18/h11-12,14H,8-10H2,1-7H3,(H,23,24)/t11-,12+,14-/m0/s1. The van der Waals surface area contributed by atoms with Crippen LogP contribution >= 0.6 is 0 Å². The van der Waals surface area contributed by atoms with Gasteiger partial charge in [-0.2, -0.15) is 0 Å². The highest BCUT2D eigenvalue weighted by molar-refractivity contribution is 5.86. The van der Waals surface area contributed by atoms with Gasteiger partial charge < -0.3 is 14.9 Å². The molecule has 0 radical (unpaired) electrons. The molecule has 0 aromatic heterocycles. The van der Waals surface area contributed by atoms with E-state index in [2.05, 4.69) is 0 Å². The van der Waals surface area contributed by atoms with Gasteiger partial charge in [0.1, 0.15) is 6.04 Å². The van der Waals surface area contributed by atoms with Crippen molar-refractivity contribution in [2.75, 3.05) is 13.1 Å². The molecule has 0 aliphatic carbocycles. The molecular weight excluding hydrogens is 310 g/mol. The lowest BCUT2D eigenvalue weighted by Crippen LogP contribution is -2.63. The van der Waals surface area contributed by atoms with Crippen LogP contribution in [0.4, 0.5) is 4.79 Å². The molecule has 3 amide bonds. The van der Waals surface area contributed by atoms with E-state index in [1.54, 1.807) is 30.6 Å². The Hall–Kier alpha value is -1.79. The summed E-state index contributed by atoms with van der Waals surface area (Å²) in [6.45, 7) is 13.4. The number of carboxylic acid groups (broad SMARTS) is 1. The largest absolute Gasteiger partial charge is 0.465 e. The van der Waals surface area contributed by atoms with E-state index in [-0.39, 0.29) is 23.9 Å². The second-order valence-corrected chi connectivity index (χ2v) is 7.61. The Morgan fingerprint density at radius 1 is 1.17 bits per heavy atom. The molecule has 0 aromatic carbocycles. The zero-order valence-corrected chi connectivity index (χ0v) is 15.9. The first kappa shape index (κ1) is 20.3. The predicted octanol–water partition coefficient (Wildman–Crippen LogP) is 2.01. The summed E-state index contributed by atoms with van der Waals surface area (Å²) in [5, 5.41) is 9.58. The molecule has 3 atom stereocenters. The molecule has 0 unspecified atom stereocenters. The number of hydrogen-bond acceptors (Lipinski definition) is 3. The van der Waals surface area contributed by atoms with Gasteiger partial charge in [-0.1, -0.05) is 6.92 Å². The van der Waals surface area contributed by atoms with Crippen LogP contribution < -0.4 is 0 Å². The number of amides is 3. The van der Waals surface area contributed by atoms with Gasteiger partial charge >= 0.3 is 6.09 Å². The minimum atomic E-state index is -1.09. The minimum Gasteiger partial charge on any atom is -0.465 e. The van der Waals surface area contributed by atoms with E-state index < -0.39 is 17.7 Å². The summed E-state index contributed by atoms with van der Waals surface area (Å²) in [5.74, 6) is -0.187. The van der Waals surface area contributed by atoms with Gasteiger partial charge in [-0.15, -0.1) is 0 Å². The van der Waals surface area contributed by atoms with Crippen LogP contribution in [0.2, 0.25) is 0 Å². The van der Waals surface area contributed by atoms with Gasteiger partial charge in [-0.3, -0.25) is 14.5 Å². The molecule has 0 aromatic rings. The number of rotatable bonds is 3. The van der Waals surface area contributed by atoms with E-state index in [1.807, 2.05) is 20.8 Å². The molecule has 1 N–H and O–H groups in total. The normalized spacial score (nSPS) is 23.0. The molecule has 7 nitrogen and oxygen atoms in total. The third-order valence-electron chi connectivity index (χ3n) is 4.51. The molecule has 0 bridgehead atoms. The van der Waals surface area contributed by atoms with Crippen LogP contribution in [0.15, 0.2) is 0 Å². The van der Waals surface area contributed by atoms with Crippen molar-refractivity contribution in [2.24, 2.45) is 0 Å². The Labute approximate surface area is 144 Å². The van der Waals surface area contributed by atoms with Crippen LogP contribution in [0.3, 0.4) is 0 Å². The van der Waals surface area contributed by atoms with Crippen LogP contribution in [0.5, 0.6) is 0 Å². The van der Waals surface area contributed by atoms with E-state index in [0.29, 0.717) is 19.5 Å². The Morgan fingerprint density at radius 2 is 1.62 bits per heavy atom. The van der Waals surface area contributed by atoms with Gasteiger partial charge in [0.2, 0.25) is 11.8 Å². The van der Waals surface area contributed by atoms with Crippen LogP contribution in [0, 0.1) is 0 Å². The molecule has 1 rings (SSSR count). The highest BCUT2D eigenvalue weighted by Crippen LogP contribution is 2.23. The van der Waals surface area contributed by atoms with Crippen LogP contribution in [0.25, 0.3) is 0 Å². The van der Waals surface area contributed by atoms with E-state index in [0.717, 1.165) is 0 Å². The molecule has 0 saturated carbocycles. The molecule has 1 aliphatic rings. The third kappa shape index (κ3) is 4.19. The summed E-state index contributed by atoms with van der Waals surface area (Å²) in [6, 6.07) is -0.882. The maximum atomic E-state index is 13.0. The van der Waals surface area contributed by atoms with E-state index in [9.17, 15) is 19.5 Å². The van der Waals surface area contributed by atoms with Crippen molar-refractivity contribution in [3.63, 3.8) is 0 Å². The summed E-state index contributed by atoms with van der Waals surface area (Å²) in [4.78, 5) is 41.2. The Balaban J connectivity index is 3.02. The molecule has 24 heavy (non-hydrogen) atoms. The number of carbonyl (C=O) groups excluding carboxylic acids is 2. The van der Waals surface area contributed by atoms with Gasteiger partial charge in [0.15, 0.2) is 0 Å². The average Bonchev–Trinajstić information content (AvgIpc) is 2.40. The molecular formula is C17H31N3O4. The SMILES string of the molecule is CC[C@@H](C(=O)N1C[C@@H](C)N(C(C)=O)[C@@H](C)C1)N(C(=O)O)C(C)(C)C. The molecule has 138 valence electrons. The van der Waals surface area contributed by atoms with Crippen molar-refractivity contribution in [3.05, 3.63) is 0 Å². The van der Waals surface area contributed by atoms with Crippen molar-refractivity contribution >= 4 is 17.9 Å². The van der Waals surface area contributed by atoms with E-state index >= 15 is 0 Å². The first-order valence-corrected chi connectivity index (χ1v) is 8.51. The lowest BCUT2D eigenvalue weighted by Gasteiger charge is -2.46. The molecule has 1 aliphatic heterocycles. The highest BCUT2D eigenvalue weighted by Gasteiger charge is 2.41. The average molecular weight is 341 g/mol.